The van der Waals surface area contributed by atoms with Crippen LogP contribution in [0.1, 0.15) is 23.7 Å². The molecule has 14 heavy (non-hydrogen) atoms. The third-order valence-electron chi connectivity index (χ3n) is 2.03. The molecule has 0 amide bonds. The highest BCUT2D eigenvalue weighted by atomic mass is 16.6. The van der Waals surface area contributed by atoms with Crippen LogP contribution in [-0.4, -0.2) is 21.9 Å². The second-order valence-corrected chi connectivity index (χ2v) is 3.13. The van der Waals surface area contributed by atoms with Crippen molar-refractivity contribution < 1.29 is 14.3 Å². The van der Waals surface area contributed by atoms with E-state index in [2.05, 4.69) is 14.7 Å². The summed E-state index contributed by atoms with van der Waals surface area (Å²) >= 11 is 0. The number of aromatic nitrogens is 2. The van der Waals surface area contributed by atoms with E-state index < -0.39 is 17.9 Å². The Morgan fingerprint density at radius 3 is 2.64 bits per heavy atom. The lowest BCUT2D eigenvalue weighted by molar-refractivity contribution is -0.152. The molecule has 1 aromatic heterocycles. The Bertz CT molecular complexity index is 386. The maximum atomic E-state index is 11.2. The van der Waals surface area contributed by atoms with Crippen LogP contribution in [0.15, 0.2) is 12.4 Å². The Balaban J connectivity index is 2.27. The minimum atomic E-state index is -0.574. The predicted octanol–water partition coefficient (Wildman–Crippen LogP) is 0.342. The highest BCUT2D eigenvalue weighted by Crippen LogP contribution is 2.25. The number of carbonyl (C=O) groups excluding carboxylic acids is 2. The van der Waals surface area contributed by atoms with Gasteiger partial charge in [-0.1, -0.05) is 0 Å². The average molecular weight is 192 g/mol. The van der Waals surface area contributed by atoms with Crippen molar-refractivity contribution in [2.24, 2.45) is 0 Å². The molecule has 0 N–H and O–H groups in total. The molecule has 72 valence electrons. The van der Waals surface area contributed by atoms with Crippen molar-refractivity contribution in [1.82, 2.24) is 9.97 Å². The third-order valence-corrected chi connectivity index (χ3v) is 2.03. The van der Waals surface area contributed by atoms with E-state index in [1.54, 1.807) is 13.1 Å². The lowest BCUT2D eigenvalue weighted by Crippen LogP contribution is -2.08. The van der Waals surface area contributed by atoms with E-state index in [1.165, 1.54) is 6.20 Å². The zero-order valence-electron chi connectivity index (χ0n) is 7.56. The molecule has 1 atom stereocenters. The van der Waals surface area contributed by atoms with Gasteiger partial charge in [-0.15, -0.1) is 0 Å². The first-order chi connectivity index (χ1) is 6.66. The van der Waals surface area contributed by atoms with Crippen LogP contribution in [0.3, 0.4) is 0 Å². The quantitative estimate of drug-likeness (QED) is 0.474. The molecule has 5 heteroatoms. The fraction of sp³-hybridized carbons (Fsp3) is 0.333. The van der Waals surface area contributed by atoms with E-state index in [0.29, 0.717) is 5.69 Å². The Morgan fingerprint density at radius 1 is 1.36 bits per heavy atom. The van der Waals surface area contributed by atoms with Crippen LogP contribution in [0.4, 0.5) is 0 Å². The number of hydrogen-bond donors (Lipinski definition) is 0. The zero-order chi connectivity index (χ0) is 10.1. The molecule has 0 radical (unpaired) electrons. The zero-order valence-corrected chi connectivity index (χ0v) is 7.56. The molecule has 2 heterocycles. The van der Waals surface area contributed by atoms with Crippen molar-refractivity contribution in [2.45, 2.75) is 19.3 Å². The van der Waals surface area contributed by atoms with Gasteiger partial charge in [0.05, 0.1) is 17.8 Å². The van der Waals surface area contributed by atoms with Crippen LogP contribution in [0, 0.1) is 6.92 Å². The molecular formula is C9H8N2O3. The van der Waals surface area contributed by atoms with Crippen molar-refractivity contribution in [1.29, 1.82) is 0 Å². The Hall–Kier alpha value is -1.78. The fourth-order valence-electron chi connectivity index (χ4n) is 1.28. The van der Waals surface area contributed by atoms with Gasteiger partial charge in [0, 0.05) is 12.4 Å². The van der Waals surface area contributed by atoms with E-state index >= 15 is 0 Å². The normalized spacial score (nSPS) is 21.1. The second-order valence-electron chi connectivity index (χ2n) is 3.13. The van der Waals surface area contributed by atoms with E-state index in [4.69, 9.17) is 0 Å². The molecule has 1 aromatic rings. The number of ether oxygens (including phenoxy) is 1. The molecule has 0 saturated carbocycles. The smallest absolute Gasteiger partial charge is 0.323 e. The summed E-state index contributed by atoms with van der Waals surface area (Å²) < 4.78 is 4.41. The van der Waals surface area contributed by atoms with Gasteiger partial charge in [-0.3, -0.25) is 19.6 Å². The van der Waals surface area contributed by atoms with E-state index in [-0.39, 0.29) is 6.42 Å². The molecule has 1 saturated heterocycles. The first-order valence-electron chi connectivity index (χ1n) is 4.20. The SMILES string of the molecule is Cc1cnc(C2CC(=O)OC2=O)cn1. The Labute approximate surface area is 80.1 Å². The van der Waals surface area contributed by atoms with Gasteiger partial charge in [-0.05, 0) is 6.92 Å². The summed E-state index contributed by atoms with van der Waals surface area (Å²) in [4.78, 5) is 30.0. The van der Waals surface area contributed by atoms with Crippen LogP contribution in [0.5, 0.6) is 0 Å². The number of nitrogens with zero attached hydrogens (tertiary/aromatic N) is 2. The number of esters is 2. The van der Waals surface area contributed by atoms with Gasteiger partial charge >= 0.3 is 11.9 Å². The first-order valence-corrected chi connectivity index (χ1v) is 4.20. The molecule has 1 fully saturated rings. The summed E-state index contributed by atoms with van der Waals surface area (Å²) in [6.07, 6.45) is 3.13. The van der Waals surface area contributed by atoms with Crippen LogP contribution in [0.2, 0.25) is 0 Å². The lowest BCUT2D eigenvalue weighted by Gasteiger charge is -2.02. The highest BCUT2D eigenvalue weighted by Gasteiger charge is 2.35. The molecule has 5 nitrogen and oxygen atoms in total. The van der Waals surface area contributed by atoms with Crippen LogP contribution in [-0.2, 0) is 14.3 Å². The van der Waals surface area contributed by atoms with E-state index in [0.717, 1.165) is 5.69 Å². The number of cyclic esters (lactones) is 2. The van der Waals surface area contributed by atoms with Gasteiger partial charge in [0.15, 0.2) is 0 Å². The maximum absolute atomic E-state index is 11.2. The van der Waals surface area contributed by atoms with Gasteiger partial charge in [-0.25, -0.2) is 0 Å². The fourth-order valence-corrected chi connectivity index (χ4v) is 1.28. The van der Waals surface area contributed by atoms with E-state index in [1.807, 2.05) is 0 Å². The molecule has 1 aliphatic rings. The third kappa shape index (κ3) is 1.48. The van der Waals surface area contributed by atoms with Gasteiger partial charge < -0.3 is 4.74 Å². The molecule has 1 unspecified atom stereocenters. The monoisotopic (exact) mass is 192 g/mol. The highest BCUT2D eigenvalue weighted by molar-refractivity contribution is 5.97. The van der Waals surface area contributed by atoms with Gasteiger partial charge in [-0.2, -0.15) is 0 Å². The number of rotatable bonds is 1. The van der Waals surface area contributed by atoms with Crippen molar-refractivity contribution in [3.63, 3.8) is 0 Å². The lowest BCUT2D eigenvalue weighted by atomic mass is 10.1. The van der Waals surface area contributed by atoms with Crippen molar-refractivity contribution >= 4 is 11.9 Å². The summed E-state index contributed by atoms with van der Waals surface area (Å²) in [6.45, 7) is 1.80. The predicted molar refractivity (Wildman–Crippen MR) is 45.2 cm³/mol. The average Bonchev–Trinajstić information content (AvgIpc) is 2.47. The molecule has 0 bridgehead atoms. The number of aryl methyl sites for hydroxylation is 1. The van der Waals surface area contributed by atoms with Gasteiger partial charge in [0.1, 0.15) is 5.92 Å². The standard InChI is InChI=1S/C9H8N2O3/c1-5-3-11-7(4-10-5)6-2-8(12)14-9(6)13/h3-4,6H,2H2,1H3. The van der Waals surface area contributed by atoms with Crippen LogP contribution >= 0.6 is 0 Å². The summed E-state index contributed by atoms with van der Waals surface area (Å²) in [5.41, 5.74) is 1.26. The Kier molecular flexibility index (Phi) is 1.99. The molecule has 0 aliphatic carbocycles. The van der Waals surface area contributed by atoms with Gasteiger partial charge in [0.25, 0.3) is 0 Å². The molecule has 0 aromatic carbocycles. The van der Waals surface area contributed by atoms with Crippen LogP contribution < -0.4 is 0 Å². The van der Waals surface area contributed by atoms with Crippen molar-refractivity contribution in [2.75, 3.05) is 0 Å². The van der Waals surface area contributed by atoms with Crippen molar-refractivity contribution in [3.8, 4) is 0 Å². The topological polar surface area (TPSA) is 69.2 Å². The molecule has 0 spiro atoms. The number of carbonyl (C=O) groups is 2. The van der Waals surface area contributed by atoms with Gasteiger partial charge in [0.2, 0.25) is 0 Å². The number of hydrogen-bond acceptors (Lipinski definition) is 5. The maximum Gasteiger partial charge on any atom is 0.323 e. The summed E-state index contributed by atoms with van der Waals surface area (Å²) in [5, 5.41) is 0. The summed E-state index contributed by atoms with van der Waals surface area (Å²) in [6, 6.07) is 0. The van der Waals surface area contributed by atoms with E-state index in [9.17, 15) is 9.59 Å². The summed E-state index contributed by atoms with van der Waals surface area (Å²) in [7, 11) is 0. The largest absolute Gasteiger partial charge is 0.393 e. The van der Waals surface area contributed by atoms with Crippen molar-refractivity contribution in [3.05, 3.63) is 23.8 Å². The Morgan fingerprint density at radius 2 is 2.14 bits per heavy atom. The molecule has 2 rings (SSSR count). The minimum Gasteiger partial charge on any atom is -0.393 e. The minimum absolute atomic E-state index is 0.0660. The second kappa shape index (κ2) is 3.17. The molecule has 1 aliphatic heterocycles. The first kappa shape index (κ1) is 8.80. The molecular weight excluding hydrogens is 184 g/mol. The summed E-state index contributed by atoms with van der Waals surface area (Å²) in [5.74, 6) is -1.61. The van der Waals surface area contributed by atoms with Crippen LogP contribution in [0.25, 0.3) is 0 Å².